The molecule has 146 valence electrons. The molecule has 0 spiro atoms. The summed E-state index contributed by atoms with van der Waals surface area (Å²) in [7, 11) is 0. The highest BCUT2D eigenvalue weighted by Crippen LogP contribution is 2.44. The number of hydrogen-bond acceptors (Lipinski definition) is 4. The van der Waals surface area contributed by atoms with Crippen LogP contribution in [0.3, 0.4) is 0 Å². The summed E-state index contributed by atoms with van der Waals surface area (Å²) in [5.41, 5.74) is 1.33. The summed E-state index contributed by atoms with van der Waals surface area (Å²) in [5.74, 6) is -1.84. The molecule has 2 aromatic carbocycles. The smallest absolute Gasteiger partial charge is 0.245 e. The molecule has 1 N–H and O–H groups in total. The standard InChI is InChI=1S/C22H19N3O4/c1-24-10-19(26)25-16(22(24)27)9-14-13-4-2-3-5-15(13)23-20(14)21(25)12-6-7-17-18(8-12)29-11-28-17/h2-8,16,21,23H,9-11H2,1H3/t16-,21?/m1/s1/i1D3,9D2,10D2. The van der Waals surface area contributed by atoms with Gasteiger partial charge in [0.2, 0.25) is 18.6 Å². The second-order valence-corrected chi connectivity index (χ2v) is 7.02. The predicted octanol–water partition coefficient (Wildman–Crippen LogP) is 2.21. The third-order valence-electron chi connectivity index (χ3n) is 5.45. The molecule has 3 aliphatic heterocycles. The molecule has 0 radical (unpaired) electrons. The molecule has 0 aliphatic carbocycles. The highest BCUT2D eigenvalue weighted by Gasteiger charge is 2.47. The Morgan fingerprint density at radius 2 is 2.03 bits per heavy atom. The average molecular weight is 396 g/mol. The number of aromatic nitrogens is 1. The molecule has 0 bridgehead atoms. The molecular weight excluding hydrogens is 370 g/mol. The van der Waals surface area contributed by atoms with Gasteiger partial charge in [0.1, 0.15) is 6.04 Å². The van der Waals surface area contributed by atoms with E-state index in [4.69, 9.17) is 19.1 Å². The largest absolute Gasteiger partial charge is 0.454 e. The van der Waals surface area contributed by atoms with Crippen LogP contribution in [0.25, 0.3) is 10.9 Å². The molecule has 2 atom stereocenters. The van der Waals surface area contributed by atoms with Crippen LogP contribution in [-0.2, 0) is 16.0 Å². The van der Waals surface area contributed by atoms with E-state index in [1.54, 1.807) is 42.5 Å². The topological polar surface area (TPSA) is 74.9 Å². The van der Waals surface area contributed by atoms with Crippen molar-refractivity contribution in [2.45, 2.75) is 18.5 Å². The Labute approximate surface area is 176 Å². The van der Waals surface area contributed by atoms with Crippen LogP contribution in [0.15, 0.2) is 42.5 Å². The number of H-pyrrole nitrogens is 1. The molecule has 6 rings (SSSR count). The van der Waals surface area contributed by atoms with Crippen LogP contribution in [0.1, 0.15) is 32.5 Å². The maximum Gasteiger partial charge on any atom is 0.245 e. The fourth-order valence-corrected chi connectivity index (χ4v) is 4.17. The van der Waals surface area contributed by atoms with Crippen LogP contribution in [-0.4, -0.2) is 52.9 Å². The van der Waals surface area contributed by atoms with Crippen LogP contribution in [0.2, 0.25) is 0 Å². The molecule has 7 nitrogen and oxygen atoms in total. The third-order valence-corrected chi connectivity index (χ3v) is 5.45. The summed E-state index contributed by atoms with van der Waals surface area (Å²) in [6.45, 7) is -6.57. The number of aromatic amines is 1. The summed E-state index contributed by atoms with van der Waals surface area (Å²) >= 11 is 0. The summed E-state index contributed by atoms with van der Waals surface area (Å²) in [6.07, 6.45) is -2.55. The number of carbonyl (C=O) groups is 2. The number of para-hydroxylation sites is 1. The van der Waals surface area contributed by atoms with Gasteiger partial charge < -0.3 is 24.3 Å². The van der Waals surface area contributed by atoms with Crippen LogP contribution < -0.4 is 9.47 Å². The Morgan fingerprint density at radius 3 is 2.93 bits per heavy atom. The minimum atomic E-state index is -3.31. The lowest BCUT2D eigenvalue weighted by atomic mass is 9.86. The van der Waals surface area contributed by atoms with Crippen molar-refractivity contribution in [3.8, 4) is 11.5 Å². The predicted molar refractivity (Wildman–Crippen MR) is 105 cm³/mol. The average Bonchev–Trinajstić information content (AvgIpc) is 3.40. The van der Waals surface area contributed by atoms with Gasteiger partial charge in [0.25, 0.3) is 0 Å². The highest BCUT2D eigenvalue weighted by molar-refractivity contribution is 5.97. The molecule has 2 amide bonds. The monoisotopic (exact) mass is 396 g/mol. The molecule has 0 saturated carbocycles. The summed E-state index contributed by atoms with van der Waals surface area (Å²) in [6, 6.07) is 8.58. The van der Waals surface area contributed by atoms with Crippen molar-refractivity contribution in [2.75, 3.05) is 20.3 Å². The second kappa shape index (κ2) is 5.76. The first-order valence-electron chi connectivity index (χ1n) is 12.5. The van der Waals surface area contributed by atoms with E-state index in [2.05, 4.69) is 4.98 Å². The normalized spacial score (nSPS) is 30.3. The number of ether oxygens (including phenoxy) is 2. The van der Waals surface area contributed by atoms with E-state index < -0.39 is 43.7 Å². The van der Waals surface area contributed by atoms with E-state index in [1.807, 2.05) is 0 Å². The van der Waals surface area contributed by atoms with Crippen molar-refractivity contribution >= 4 is 22.7 Å². The van der Waals surface area contributed by atoms with Gasteiger partial charge in [-0.25, -0.2) is 0 Å². The lowest BCUT2D eigenvalue weighted by molar-refractivity contribution is -0.157. The first-order valence-corrected chi connectivity index (χ1v) is 9.02. The molecule has 3 aromatic rings. The minimum Gasteiger partial charge on any atom is -0.454 e. The maximum atomic E-state index is 13.7. The summed E-state index contributed by atoms with van der Waals surface area (Å²) < 4.78 is 68.8. The Morgan fingerprint density at radius 1 is 1.17 bits per heavy atom. The Bertz CT molecular complexity index is 1450. The zero-order valence-corrected chi connectivity index (χ0v) is 14.9. The number of piperazine rings is 1. The van der Waals surface area contributed by atoms with Crippen LogP contribution in [0.4, 0.5) is 0 Å². The number of likely N-dealkylation sites (N-methyl/N-ethyl adjacent to an activating group) is 1. The maximum absolute atomic E-state index is 13.7. The Hall–Kier alpha value is -3.48. The Kier molecular flexibility index (Phi) is 2.17. The number of amides is 2. The second-order valence-electron chi connectivity index (χ2n) is 7.02. The van der Waals surface area contributed by atoms with E-state index in [0.29, 0.717) is 28.0 Å². The molecule has 29 heavy (non-hydrogen) atoms. The van der Waals surface area contributed by atoms with Gasteiger partial charge in [-0.2, -0.15) is 0 Å². The van der Waals surface area contributed by atoms with Crippen molar-refractivity contribution in [3.63, 3.8) is 0 Å². The van der Waals surface area contributed by atoms with Crippen molar-refractivity contribution < 1.29 is 28.7 Å². The van der Waals surface area contributed by atoms with Crippen molar-refractivity contribution in [3.05, 3.63) is 59.3 Å². The molecule has 3 aliphatic rings. The van der Waals surface area contributed by atoms with Gasteiger partial charge in [-0.3, -0.25) is 9.59 Å². The van der Waals surface area contributed by atoms with Gasteiger partial charge in [-0.15, -0.1) is 0 Å². The molecule has 1 aromatic heterocycles. The number of benzene rings is 2. The quantitative estimate of drug-likeness (QED) is 0.684. The SMILES string of the molecule is [2H]C1([2H])c2c([nH]c3ccccc23)C(c2ccc3c(c2)OCO3)N2C(=O)C([2H])([2H])N(C([2H])([2H])[2H])C(=O)[C@H]21. The number of hydrogen-bond donors (Lipinski definition) is 1. The Balaban J connectivity index is 1.67. The molecule has 1 saturated heterocycles. The highest BCUT2D eigenvalue weighted by atomic mass is 16.7. The van der Waals surface area contributed by atoms with Crippen molar-refractivity contribution in [1.82, 2.24) is 14.8 Å². The van der Waals surface area contributed by atoms with Crippen molar-refractivity contribution in [1.29, 1.82) is 0 Å². The van der Waals surface area contributed by atoms with Gasteiger partial charge in [0.05, 0.1) is 15.3 Å². The van der Waals surface area contributed by atoms with E-state index in [0.717, 1.165) is 4.90 Å². The number of rotatable bonds is 1. The van der Waals surface area contributed by atoms with Crippen molar-refractivity contribution in [2.24, 2.45) is 0 Å². The van der Waals surface area contributed by atoms with E-state index in [9.17, 15) is 9.59 Å². The van der Waals surface area contributed by atoms with E-state index in [-0.39, 0.29) is 23.0 Å². The van der Waals surface area contributed by atoms with Gasteiger partial charge in [0.15, 0.2) is 11.5 Å². The first kappa shape index (κ1) is 10.9. The zero-order chi connectivity index (χ0) is 25.8. The molecule has 1 fully saturated rings. The molecule has 7 heteroatoms. The summed E-state index contributed by atoms with van der Waals surface area (Å²) in [5, 5.41) is 0.470. The van der Waals surface area contributed by atoms with Crippen LogP contribution >= 0.6 is 0 Å². The van der Waals surface area contributed by atoms with Crippen LogP contribution in [0, 0.1) is 0 Å². The fraction of sp³-hybridized carbons (Fsp3) is 0.273. The summed E-state index contributed by atoms with van der Waals surface area (Å²) in [4.78, 5) is 31.2. The third kappa shape index (κ3) is 2.24. The van der Waals surface area contributed by atoms with E-state index in [1.165, 1.54) is 0 Å². The lowest BCUT2D eigenvalue weighted by Crippen LogP contribution is -2.62. The lowest BCUT2D eigenvalue weighted by Gasteiger charge is -2.46. The van der Waals surface area contributed by atoms with Gasteiger partial charge in [-0.05, 0) is 29.3 Å². The van der Waals surface area contributed by atoms with Gasteiger partial charge >= 0.3 is 0 Å². The number of nitrogens with zero attached hydrogens (tertiary/aromatic N) is 2. The fourth-order valence-electron chi connectivity index (χ4n) is 4.17. The van der Waals surface area contributed by atoms with E-state index >= 15 is 0 Å². The zero-order valence-electron chi connectivity index (χ0n) is 21.9. The number of fused-ring (bicyclic) bond motifs is 5. The number of carbonyl (C=O) groups excluding carboxylic acids is 2. The molecule has 4 heterocycles. The van der Waals surface area contributed by atoms with Gasteiger partial charge in [0, 0.05) is 36.8 Å². The number of nitrogens with one attached hydrogen (secondary N) is 1. The molecule has 1 unspecified atom stereocenters. The first-order chi connectivity index (χ1) is 16.8. The minimum absolute atomic E-state index is 0.0104. The van der Waals surface area contributed by atoms with Gasteiger partial charge in [-0.1, -0.05) is 24.3 Å². The van der Waals surface area contributed by atoms with Crippen LogP contribution in [0.5, 0.6) is 11.5 Å². The molecular formula is C22H19N3O4.